The first kappa shape index (κ1) is 20.8. The second kappa shape index (κ2) is 8.47. The highest BCUT2D eigenvalue weighted by molar-refractivity contribution is 6.04. The summed E-state index contributed by atoms with van der Waals surface area (Å²) >= 11 is 0. The lowest BCUT2D eigenvalue weighted by atomic mass is 10.0. The largest absolute Gasteiger partial charge is 0.298 e. The van der Waals surface area contributed by atoms with Crippen molar-refractivity contribution >= 4 is 28.9 Å². The molecule has 0 spiro atoms. The Hall–Kier alpha value is -5.05. The van der Waals surface area contributed by atoms with Gasteiger partial charge in [0.2, 0.25) is 0 Å². The molecule has 0 unspecified atom stereocenters. The first-order valence-corrected chi connectivity index (χ1v) is 10.2. The number of benzene rings is 2. The second-order valence-corrected chi connectivity index (χ2v) is 7.41. The van der Waals surface area contributed by atoms with Gasteiger partial charge in [0.15, 0.2) is 11.9 Å². The average Bonchev–Trinajstić information content (AvgIpc) is 3.33. The van der Waals surface area contributed by atoms with Crippen LogP contribution >= 0.6 is 0 Å². The number of rotatable bonds is 5. The molecule has 0 aliphatic heterocycles. The zero-order valence-corrected chi connectivity index (χ0v) is 17.5. The van der Waals surface area contributed by atoms with Gasteiger partial charge >= 0.3 is 0 Å². The third kappa shape index (κ3) is 3.71. The fraction of sp³-hybridized carbons (Fsp3) is 0. The van der Waals surface area contributed by atoms with Gasteiger partial charge in [0.05, 0.1) is 21.7 Å². The van der Waals surface area contributed by atoms with Crippen LogP contribution in [0.5, 0.6) is 0 Å². The summed E-state index contributed by atoms with van der Waals surface area (Å²) in [6.07, 6.45) is 3.50. The van der Waals surface area contributed by atoms with Crippen LogP contribution < -0.4 is 0 Å². The molecule has 0 fully saturated rings. The molecule has 34 heavy (non-hydrogen) atoms. The zero-order chi connectivity index (χ0) is 23.7. The molecule has 5 rings (SSSR count). The van der Waals surface area contributed by atoms with Crippen LogP contribution in [-0.2, 0) is 0 Å². The van der Waals surface area contributed by atoms with Crippen molar-refractivity contribution < 1.29 is 14.5 Å². The number of hydrogen-bond acceptors (Lipinski definition) is 7. The molecule has 0 radical (unpaired) electrons. The summed E-state index contributed by atoms with van der Waals surface area (Å²) in [5.74, 6) is -0.503. The molecule has 0 atom stereocenters. The molecule has 5 aromatic rings. The van der Waals surface area contributed by atoms with E-state index in [0.29, 0.717) is 28.6 Å². The van der Waals surface area contributed by atoms with Crippen molar-refractivity contribution in [3.8, 4) is 22.5 Å². The van der Waals surface area contributed by atoms with E-state index >= 15 is 0 Å². The Labute approximate surface area is 192 Å². The molecule has 9 heteroatoms. The summed E-state index contributed by atoms with van der Waals surface area (Å²) in [6.45, 7) is 0. The van der Waals surface area contributed by atoms with Gasteiger partial charge < -0.3 is 0 Å². The highest BCUT2D eigenvalue weighted by atomic mass is 16.6. The van der Waals surface area contributed by atoms with Crippen molar-refractivity contribution in [1.82, 2.24) is 19.7 Å². The molecule has 0 saturated heterocycles. The minimum atomic E-state index is -0.535. The standard InChI is InChI=1S/C25H15N5O4/c31-15-19-14-29(28-22(19)17-8-4-10-20(12-17)30(33)34)25(32)21-13-18-9-5-11-26-24(18)27-23(21)16-6-2-1-3-7-16/h1-15H. The van der Waals surface area contributed by atoms with Gasteiger partial charge in [-0.1, -0.05) is 42.5 Å². The van der Waals surface area contributed by atoms with Crippen molar-refractivity contribution in [3.05, 3.63) is 106 Å². The van der Waals surface area contributed by atoms with E-state index in [1.807, 2.05) is 30.3 Å². The maximum atomic E-state index is 13.6. The Bertz CT molecular complexity index is 1580. The second-order valence-electron chi connectivity index (χ2n) is 7.41. The van der Waals surface area contributed by atoms with Gasteiger partial charge in [0.1, 0.15) is 5.69 Å². The normalized spacial score (nSPS) is 10.8. The summed E-state index contributed by atoms with van der Waals surface area (Å²) in [7, 11) is 0. The lowest BCUT2D eigenvalue weighted by molar-refractivity contribution is -0.384. The molecule has 0 amide bonds. The van der Waals surface area contributed by atoms with Crippen LogP contribution in [0.25, 0.3) is 33.5 Å². The number of aromatic nitrogens is 4. The van der Waals surface area contributed by atoms with Crippen LogP contribution in [0, 0.1) is 10.1 Å². The van der Waals surface area contributed by atoms with Crippen LogP contribution in [0.2, 0.25) is 0 Å². The highest BCUT2D eigenvalue weighted by Crippen LogP contribution is 2.28. The minimum absolute atomic E-state index is 0.130. The Morgan fingerprint density at radius 1 is 0.941 bits per heavy atom. The van der Waals surface area contributed by atoms with Gasteiger partial charge in [-0.2, -0.15) is 5.10 Å². The number of fused-ring (bicyclic) bond motifs is 1. The number of nitro benzene ring substituents is 1. The Kier molecular flexibility index (Phi) is 5.19. The van der Waals surface area contributed by atoms with E-state index < -0.39 is 10.8 Å². The minimum Gasteiger partial charge on any atom is -0.298 e. The first-order valence-electron chi connectivity index (χ1n) is 10.2. The number of carbonyl (C=O) groups excluding carboxylic acids is 2. The van der Waals surface area contributed by atoms with Crippen LogP contribution in [-0.4, -0.2) is 36.9 Å². The number of nitrogens with zero attached hydrogens (tertiary/aromatic N) is 5. The number of aldehydes is 1. The summed E-state index contributed by atoms with van der Waals surface area (Å²) in [5, 5.41) is 16.1. The Morgan fingerprint density at radius 3 is 2.50 bits per heavy atom. The zero-order valence-electron chi connectivity index (χ0n) is 17.5. The van der Waals surface area contributed by atoms with E-state index in [1.165, 1.54) is 24.4 Å². The molecule has 0 aliphatic rings. The Balaban J connectivity index is 1.66. The topological polar surface area (TPSA) is 121 Å². The molecular weight excluding hydrogens is 434 g/mol. The SMILES string of the molecule is O=Cc1cn(C(=O)c2cc3cccnc3nc2-c2ccccc2)nc1-c1cccc([N+](=O)[O-])c1. The summed E-state index contributed by atoms with van der Waals surface area (Å²) in [5.41, 5.74) is 2.42. The van der Waals surface area contributed by atoms with Crippen molar-refractivity contribution in [3.63, 3.8) is 0 Å². The molecule has 0 bridgehead atoms. The Morgan fingerprint density at radius 2 is 1.74 bits per heavy atom. The van der Waals surface area contributed by atoms with Crippen molar-refractivity contribution in [1.29, 1.82) is 0 Å². The van der Waals surface area contributed by atoms with Crippen LogP contribution in [0.3, 0.4) is 0 Å². The smallest absolute Gasteiger partial charge is 0.280 e. The number of nitro groups is 1. The molecule has 164 valence electrons. The average molecular weight is 449 g/mol. The summed E-state index contributed by atoms with van der Waals surface area (Å²) in [6, 6.07) is 20.2. The summed E-state index contributed by atoms with van der Waals surface area (Å²) in [4.78, 5) is 44.9. The molecule has 0 N–H and O–H groups in total. The highest BCUT2D eigenvalue weighted by Gasteiger charge is 2.22. The van der Waals surface area contributed by atoms with E-state index in [-0.39, 0.29) is 22.5 Å². The number of pyridine rings is 2. The molecule has 3 aromatic heterocycles. The quantitative estimate of drug-likeness (QED) is 0.219. The predicted octanol–water partition coefficient (Wildman–Crippen LogP) is 4.57. The number of carbonyl (C=O) groups is 2. The van der Waals surface area contributed by atoms with Crippen molar-refractivity contribution in [2.24, 2.45) is 0 Å². The monoisotopic (exact) mass is 449 g/mol. The van der Waals surface area contributed by atoms with Gasteiger partial charge in [-0.15, -0.1) is 0 Å². The fourth-order valence-corrected chi connectivity index (χ4v) is 3.68. The van der Waals surface area contributed by atoms with E-state index in [9.17, 15) is 19.7 Å². The van der Waals surface area contributed by atoms with Gasteiger partial charge in [0, 0.05) is 41.0 Å². The lowest BCUT2D eigenvalue weighted by Gasteiger charge is -2.10. The van der Waals surface area contributed by atoms with E-state index in [0.717, 1.165) is 10.2 Å². The third-order valence-corrected chi connectivity index (χ3v) is 5.28. The molecule has 9 nitrogen and oxygen atoms in total. The van der Waals surface area contributed by atoms with Crippen LogP contribution in [0.1, 0.15) is 20.7 Å². The van der Waals surface area contributed by atoms with Gasteiger partial charge in [-0.3, -0.25) is 19.7 Å². The van der Waals surface area contributed by atoms with E-state index in [2.05, 4.69) is 15.1 Å². The van der Waals surface area contributed by atoms with Gasteiger partial charge in [0.25, 0.3) is 11.6 Å². The molecule has 3 heterocycles. The molecule has 0 saturated carbocycles. The fourth-order valence-electron chi connectivity index (χ4n) is 3.68. The predicted molar refractivity (Wildman–Crippen MR) is 124 cm³/mol. The summed E-state index contributed by atoms with van der Waals surface area (Å²) < 4.78 is 1.06. The van der Waals surface area contributed by atoms with Gasteiger partial charge in [-0.25, -0.2) is 14.6 Å². The van der Waals surface area contributed by atoms with Crippen LogP contribution in [0.4, 0.5) is 5.69 Å². The van der Waals surface area contributed by atoms with Gasteiger partial charge in [-0.05, 0) is 18.2 Å². The molecule has 0 aliphatic carbocycles. The van der Waals surface area contributed by atoms with E-state index in [1.54, 1.807) is 30.5 Å². The molecular formula is C25H15N5O4. The van der Waals surface area contributed by atoms with Crippen LogP contribution in [0.15, 0.2) is 85.2 Å². The van der Waals surface area contributed by atoms with Crippen molar-refractivity contribution in [2.45, 2.75) is 0 Å². The lowest BCUT2D eigenvalue weighted by Crippen LogP contribution is -2.15. The number of hydrogen-bond donors (Lipinski definition) is 0. The van der Waals surface area contributed by atoms with Crippen molar-refractivity contribution in [2.75, 3.05) is 0 Å². The maximum Gasteiger partial charge on any atom is 0.280 e. The van der Waals surface area contributed by atoms with E-state index in [4.69, 9.17) is 0 Å². The first-order chi connectivity index (χ1) is 16.5. The molecule has 2 aromatic carbocycles. The maximum absolute atomic E-state index is 13.6. The number of non-ortho nitro benzene ring substituents is 1. The third-order valence-electron chi connectivity index (χ3n) is 5.28.